The fraction of sp³-hybridized carbons (Fsp3) is 1.00. The molecule has 2 fully saturated rings. The third kappa shape index (κ3) is 3.94. The quantitative estimate of drug-likeness (QED) is 0.762. The lowest BCUT2D eigenvalue weighted by Gasteiger charge is -2.39. The van der Waals surface area contributed by atoms with Crippen LogP contribution in [-0.2, 0) is 0 Å². The standard InChI is InChI=1S/C15H30N2O/c1-2-3-11-17(12-13-7-6-10-16-13)14-8-4-5-9-15(14)18/h13-16,18H,2-12H2,1H3. The molecule has 1 aliphatic carbocycles. The van der Waals surface area contributed by atoms with Crippen molar-refractivity contribution < 1.29 is 5.11 Å². The highest BCUT2D eigenvalue weighted by molar-refractivity contribution is 4.87. The van der Waals surface area contributed by atoms with Gasteiger partial charge in [0.05, 0.1) is 6.10 Å². The monoisotopic (exact) mass is 254 g/mol. The highest BCUT2D eigenvalue weighted by Crippen LogP contribution is 2.24. The van der Waals surface area contributed by atoms with Crippen molar-refractivity contribution in [3.8, 4) is 0 Å². The normalized spacial score (nSPS) is 33.2. The van der Waals surface area contributed by atoms with E-state index in [4.69, 9.17) is 0 Å². The van der Waals surface area contributed by atoms with Gasteiger partial charge in [0.25, 0.3) is 0 Å². The Hall–Kier alpha value is -0.120. The molecule has 1 saturated heterocycles. The molecule has 1 heterocycles. The highest BCUT2D eigenvalue weighted by Gasteiger charge is 2.30. The van der Waals surface area contributed by atoms with Crippen molar-refractivity contribution in [3.63, 3.8) is 0 Å². The van der Waals surface area contributed by atoms with Gasteiger partial charge in [-0.2, -0.15) is 0 Å². The van der Waals surface area contributed by atoms with Crippen LogP contribution in [0.1, 0.15) is 58.3 Å². The number of hydrogen-bond acceptors (Lipinski definition) is 3. The minimum atomic E-state index is -0.0861. The molecule has 0 aromatic carbocycles. The largest absolute Gasteiger partial charge is 0.391 e. The Morgan fingerprint density at radius 1 is 1.17 bits per heavy atom. The Balaban J connectivity index is 1.89. The lowest BCUT2D eigenvalue weighted by Crippen LogP contribution is -2.50. The zero-order valence-corrected chi connectivity index (χ0v) is 11.9. The zero-order chi connectivity index (χ0) is 12.8. The molecule has 0 spiro atoms. The van der Waals surface area contributed by atoms with E-state index in [0.29, 0.717) is 12.1 Å². The van der Waals surface area contributed by atoms with Crippen molar-refractivity contribution in [1.82, 2.24) is 10.2 Å². The summed E-state index contributed by atoms with van der Waals surface area (Å²) in [5, 5.41) is 13.8. The molecule has 18 heavy (non-hydrogen) atoms. The van der Waals surface area contributed by atoms with Crippen LogP contribution in [0.15, 0.2) is 0 Å². The molecular weight excluding hydrogens is 224 g/mol. The van der Waals surface area contributed by atoms with Gasteiger partial charge in [0.15, 0.2) is 0 Å². The average Bonchev–Trinajstić information content (AvgIpc) is 2.88. The summed E-state index contributed by atoms with van der Waals surface area (Å²) in [6.07, 6.45) is 9.75. The summed E-state index contributed by atoms with van der Waals surface area (Å²) in [6.45, 7) is 5.74. The number of aliphatic hydroxyl groups excluding tert-OH is 1. The van der Waals surface area contributed by atoms with Crippen molar-refractivity contribution in [2.45, 2.75) is 76.5 Å². The molecule has 0 aromatic heterocycles. The summed E-state index contributed by atoms with van der Waals surface area (Å²) >= 11 is 0. The van der Waals surface area contributed by atoms with Gasteiger partial charge in [-0.05, 0) is 45.2 Å². The van der Waals surface area contributed by atoms with E-state index >= 15 is 0 Å². The predicted octanol–water partition coefficient (Wildman–Crippen LogP) is 2.14. The summed E-state index contributed by atoms with van der Waals surface area (Å²) in [5.74, 6) is 0. The third-order valence-corrected chi connectivity index (χ3v) is 4.58. The van der Waals surface area contributed by atoms with Crippen molar-refractivity contribution in [1.29, 1.82) is 0 Å². The lowest BCUT2D eigenvalue weighted by molar-refractivity contribution is 0.0156. The Kier molecular flexibility index (Phi) is 5.93. The maximum atomic E-state index is 10.3. The summed E-state index contributed by atoms with van der Waals surface area (Å²) in [7, 11) is 0. The molecule has 1 saturated carbocycles. The van der Waals surface area contributed by atoms with Gasteiger partial charge in [0.1, 0.15) is 0 Å². The number of nitrogens with one attached hydrogen (secondary N) is 1. The fourth-order valence-corrected chi connectivity index (χ4v) is 3.47. The smallest absolute Gasteiger partial charge is 0.0695 e. The van der Waals surface area contributed by atoms with Crippen LogP contribution in [0.25, 0.3) is 0 Å². The Labute approximate surface area is 112 Å². The predicted molar refractivity (Wildman–Crippen MR) is 75.8 cm³/mol. The molecule has 1 aliphatic heterocycles. The van der Waals surface area contributed by atoms with Gasteiger partial charge >= 0.3 is 0 Å². The first kappa shape index (κ1) is 14.3. The van der Waals surface area contributed by atoms with Crippen LogP contribution in [-0.4, -0.2) is 47.8 Å². The topological polar surface area (TPSA) is 35.5 Å². The molecule has 106 valence electrons. The van der Waals surface area contributed by atoms with Gasteiger partial charge in [0.2, 0.25) is 0 Å². The van der Waals surface area contributed by atoms with E-state index in [1.807, 2.05) is 0 Å². The summed E-state index contributed by atoms with van der Waals surface area (Å²) < 4.78 is 0. The van der Waals surface area contributed by atoms with Gasteiger partial charge in [-0.15, -0.1) is 0 Å². The molecule has 3 heteroatoms. The van der Waals surface area contributed by atoms with Gasteiger partial charge in [-0.25, -0.2) is 0 Å². The van der Waals surface area contributed by atoms with Crippen LogP contribution < -0.4 is 5.32 Å². The fourth-order valence-electron chi connectivity index (χ4n) is 3.47. The van der Waals surface area contributed by atoms with E-state index in [1.165, 1.54) is 51.5 Å². The van der Waals surface area contributed by atoms with E-state index in [9.17, 15) is 5.11 Å². The molecule has 3 unspecified atom stereocenters. The lowest BCUT2D eigenvalue weighted by atomic mass is 9.91. The minimum absolute atomic E-state index is 0.0861. The maximum Gasteiger partial charge on any atom is 0.0695 e. The molecule has 0 radical (unpaired) electrons. The SMILES string of the molecule is CCCCN(CC1CCCN1)C1CCCCC1O. The second kappa shape index (κ2) is 7.46. The third-order valence-electron chi connectivity index (χ3n) is 4.58. The summed E-state index contributed by atoms with van der Waals surface area (Å²) in [5.41, 5.74) is 0. The molecule has 3 nitrogen and oxygen atoms in total. The van der Waals surface area contributed by atoms with E-state index in [2.05, 4.69) is 17.1 Å². The van der Waals surface area contributed by atoms with Crippen LogP contribution in [0.3, 0.4) is 0 Å². The number of nitrogens with zero attached hydrogens (tertiary/aromatic N) is 1. The van der Waals surface area contributed by atoms with Crippen molar-refractivity contribution in [2.75, 3.05) is 19.6 Å². The molecule has 0 amide bonds. The Morgan fingerprint density at radius 3 is 2.67 bits per heavy atom. The van der Waals surface area contributed by atoms with Crippen LogP contribution in [0.5, 0.6) is 0 Å². The maximum absolute atomic E-state index is 10.3. The molecule has 0 aromatic rings. The van der Waals surface area contributed by atoms with Crippen LogP contribution in [0, 0.1) is 0 Å². The Morgan fingerprint density at radius 2 is 2.00 bits per heavy atom. The second-order valence-corrected chi connectivity index (χ2v) is 6.06. The van der Waals surface area contributed by atoms with E-state index in [0.717, 1.165) is 19.5 Å². The molecule has 3 atom stereocenters. The van der Waals surface area contributed by atoms with Crippen molar-refractivity contribution in [2.24, 2.45) is 0 Å². The summed E-state index contributed by atoms with van der Waals surface area (Å²) in [6, 6.07) is 1.09. The van der Waals surface area contributed by atoms with Gasteiger partial charge in [-0.3, -0.25) is 4.90 Å². The number of rotatable bonds is 6. The zero-order valence-electron chi connectivity index (χ0n) is 11.9. The van der Waals surface area contributed by atoms with E-state index < -0.39 is 0 Å². The van der Waals surface area contributed by atoms with Crippen LogP contribution in [0.2, 0.25) is 0 Å². The Bertz CT molecular complexity index is 229. The average molecular weight is 254 g/mol. The van der Waals surface area contributed by atoms with E-state index in [-0.39, 0.29) is 6.10 Å². The van der Waals surface area contributed by atoms with Gasteiger partial charge < -0.3 is 10.4 Å². The minimum Gasteiger partial charge on any atom is -0.391 e. The second-order valence-electron chi connectivity index (χ2n) is 6.06. The first-order valence-corrected chi connectivity index (χ1v) is 7.96. The number of hydrogen-bond donors (Lipinski definition) is 2. The first-order valence-electron chi connectivity index (χ1n) is 7.96. The van der Waals surface area contributed by atoms with Crippen molar-refractivity contribution in [3.05, 3.63) is 0 Å². The summed E-state index contributed by atoms with van der Waals surface area (Å²) in [4.78, 5) is 2.58. The van der Waals surface area contributed by atoms with Crippen LogP contribution in [0.4, 0.5) is 0 Å². The van der Waals surface area contributed by atoms with Gasteiger partial charge in [-0.1, -0.05) is 26.2 Å². The van der Waals surface area contributed by atoms with Crippen LogP contribution >= 0.6 is 0 Å². The highest BCUT2D eigenvalue weighted by atomic mass is 16.3. The molecule has 2 rings (SSSR count). The molecule has 2 aliphatic rings. The number of unbranched alkanes of at least 4 members (excludes halogenated alkanes) is 1. The first-order chi connectivity index (χ1) is 8.81. The van der Waals surface area contributed by atoms with E-state index in [1.54, 1.807) is 0 Å². The number of aliphatic hydroxyl groups is 1. The molecule has 0 bridgehead atoms. The van der Waals surface area contributed by atoms with Gasteiger partial charge in [0, 0.05) is 18.6 Å². The molecular formula is C15H30N2O. The van der Waals surface area contributed by atoms with Crippen molar-refractivity contribution >= 4 is 0 Å². The molecule has 2 N–H and O–H groups in total.